The summed E-state index contributed by atoms with van der Waals surface area (Å²) in [7, 11) is 0. The highest BCUT2D eigenvalue weighted by atomic mass is 16.6. The van der Waals surface area contributed by atoms with E-state index in [2.05, 4.69) is 18.3 Å². The number of fused-ring (bicyclic) bond motifs is 1. The van der Waals surface area contributed by atoms with Gasteiger partial charge < -0.3 is 14.8 Å². The molecule has 19 heavy (non-hydrogen) atoms. The molecule has 1 unspecified atom stereocenters. The van der Waals surface area contributed by atoms with Crippen LogP contribution in [0.25, 0.3) is 0 Å². The first kappa shape index (κ1) is 13.9. The molecule has 0 fully saturated rings. The van der Waals surface area contributed by atoms with Crippen LogP contribution in [0, 0.1) is 0 Å². The van der Waals surface area contributed by atoms with E-state index in [9.17, 15) is 4.79 Å². The molecule has 1 aromatic carbocycles. The zero-order valence-corrected chi connectivity index (χ0v) is 11.4. The van der Waals surface area contributed by atoms with Gasteiger partial charge in [0.1, 0.15) is 6.61 Å². The van der Waals surface area contributed by atoms with E-state index in [1.165, 1.54) is 5.56 Å². The summed E-state index contributed by atoms with van der Waals surface area (Å²) < 4.78 is 10.4. The number of nitrogens with one attached hydrogen (secondary N) is 1. The number of carbonyl (C=O) groups excluding carboxylic acids is 1. The number of para-hydroxylation sites is 1. The zero-order valence-electron chi connectivity index (χ0n) is 11.4. The first-order chi connectivity index (χ1) is 9.31. The first-order valence-electron chi connectivity index (χ1n) is 6.87. The largest absolute Gasteiger partial charge is 0.463 e. The molecule has 1 aliphatic heterocycles. The number of hydrogen-bond acceptors (Lipinski definition) is 4. The van der Waals surface area contributed by atoms with Crippen LogP contribution >= 0.6 is 0 Å². The van der Waals surface area contributed by atoms with Crippen LogP contribution in [-0.4, -0.2) is 32.3 Å². The van der Waals surface area contributed by atoms with Gasteiger partial charge in [-0.05, 0) is 18.1 Å². The number of anilines is 1. The summed E-state index contributed by atoms with van der Waals surface area (Å²) in [6.45, 7) is 4.41. The van der Waals surface area contributed by atoms with Crippen molar-refractivity contribution in [3.05, 3.63) is 29.8 Å². The molecule has 1 heterocycles. The highest BCUT2D eigenvalue weighted by molar-refractivity contribution is 5.72. The van der Waals surface area contributed by atoms with Gasteiger partial charge in [-0.3, -0.25) is 4.79 Å². The van der Waals surface area contributed by atoms with Crippen molar-refractivity contribution < 1.29 is 14.3 Å². The maximum Gasteiger partial charge on any atom is 0.306 e. The van der Waals surface area contributed by atoms with Gasteiger partial charge in [-0.15, -0.1) is 0 Å². The van der Waals surface area contributed by atoms with Gasteiger partial charge in [0, 0.05) is 24.8 Å². The van der Waals surface area contributed by atoms with Gasteiger partial charge in [-0.1, -0.05) is 25.1 Å². The Hall–Kier alpha value is -1.55. The lowest BCUT2D eigenvalue weighted by molar-refractivity contribution is -0.145. The second kappa shape index (κ2) is 7.14. The Morgan fingerprint density at radius 3 is 3.00 bits per heavy atom. The van der Waals surface area contributed by atoms with Crippen LogP contribution in [-0.2, 0) is 14.3 Å². The van der Waals surface area contributed by atoms with E-state index in [4.69, 9.17) is 9.47 Å². The summed E-state index contributed by atoms with van der Waals surface area (Å²) in [4.78, 5) is 11.7. The topological polar surface area (TPSA) is 47.6 Å². The number of rotatable bonds is 7. The van der Waals surface area contributed by atoms with E-state index < -0.39 is 0 Å². The summed E-state index contributed by atoms with van der Waals surface area (Å²) in [5, 5.41) is 3.31. The average Bonchev–Trinajstić information content (AvgIpc) is 2.82. The quantitative estimate of drug-likeness (QED) is 0.606. The zero-order chi connectivity index (χ0) is 13.5. The Kier molecular flexibility index (Phi) is 5.21. The molecule has 1 aliphatic rings. The maximum atomic E-state index is 11.7. The van der Waals surface area contributed by atoms with Crippen molar-refractivity contribution in [3.63, 3.8) is 0 Å². The minimum atomic E-state index is -0.149. The molecule has 0 aliphatic carbocycles. The first-order valence-corrected chi connectivity index (χ1v) is 6.87. The van der Waals surface area contributed by atoms with Crippen LogP contribution in [0.1, 0.15) is 31.2 Å². The fraction of sp³-hybridized carbons (Fsp3) is 0.533. The Morgan fingerprint density at radius 1 is 1.32 bits per heavy atom. The third-order valence-corrected chi connectivity index (χ3v) is 3.19. The predicted octanol–water partition coefficient (Wildman–Crippen LogP) is 2.56. The standard InChI is InChI=1S/C15H21NO3/c1-2-7-18-8-9-19-15(17)10-12-11-16-14-6-4-3-5-13(12)14/h3-6,12,16H,2,7-11H2,1H3. The molecule has 0 amide bonds. The van der Waals surface area contributed by atoms with E-state index >= 15 is 0 Å². The molecule has 4 heteroatoms. The van der Waals surface area contributed by atoms with Gasteiger partial charge >= 0.3 is 5.97 Å². The number of ether oxygens (including phenoxy) is 2. The molecule has 1 aromatic rings. The summed E-state index contributed by atoms with van der Waals surface area (Å²) >= 11 is 0. The van der Waals surface area contributed by atoms with Crippen molar-refractivity contribution >= 4 is 11.7 Å². The summed E-state index contributed by atoms with van der Waals surface area (Å²) in [5.74, 6) is 0.0730. The smallest absolute Gasteiger partial charge is 0.306 e. The van der Waals surface area contributed by atoms with E-state index in [1.807, 2.05) is 18.2 Å². The normalized spacial score (nSPS) is 16.8. The Morgan fingerprint density at radius 2 is 2.16 bits per heavy atom. The number of carbonyl (C=O) groups is 1. The highest BCUT2D eigenvalue weighted by Crippen LogP contribution is 2.33. The van der Waals surface area contributed by atoms with E-state index in [0.717, 1.165) is 25.3 Å². The molecule has 4 nitrogen and oxygen atoms in total. The molecule has 0 saturated carbocycles. The Balaban J connectivity index is 1.72. The predicted molar refractivity (Wildman–Crippen MR) is 74.4 cm³/mol. The van der Waals surface area contributed by atoms with E-state index in [-0.39, 0.29) is 11.9 Å². The van der Waals surface area contributed by atoms with Crippen LogP contribution in [0.5, 0.6) is 0 Å². The van der Waals surface area contributed by atoms with E-state index in [1.54, 1.807) is 0 Å². The van der Waals surface area contributed by atoms with Crippen molar-refractivity contribution in [2.24, 2.45) is 0 Å². The van der Waals surface area contributed by atoms with Crippen molar-refractivity contribution in [2.45, 2.75) is 25.7 Å². The molecule has 1 atom stereocenters. The third-order valence-electron chi connectivity index (χ3n) is 3.19. The lowest BCUT2D eigenvalue weighted by Crippen LogP contribution is -2.15. The monoisotopic (exact) mass is 263 g/mol. The van der Waals surface area contributed by atoms with Gasteiger partial charge in [0.15, 0.2) is 0 Å². The lowest BCUT2D eigenvalue weighted by atomic mass is 9.98. The summed E-state index contributed by atoms with van der Waals surface area (Å²) in [6.07, 6.45) is 1.41. The van der Waals surface area contributed by atoms with Crippen molar-refractivity contribution in [1.82, 2.24) is 0 Å². The summed E-state index contributed by atoms with van der Waals surface area (Å²) in [6, 6.07) is 8.11. The molecule has 104 valence electrons. The van der Waals surface area contributed by atoms with Crippen LogP contribution in [0.3, 0.4) is 0 Å². The van der Waals surface area contributed by atoms with Crippen LogP contribution in [0.15, 0.2) is 24.3 Å². The SMILES string of the molecule is CCCOCCOC(=O)CC1CNc2ccccc21. The fourth-order valence-corrected chi connectivity index (χ4v) is 2.26. The van der Waals surface area contributed by atoms with E-state index in [0.29, 0.717) is 19.6 Å². The molecular formula is C15H21NO3. The molecule has 0 saturated heterocycles. The lowest BCUT2D eigenvalue weighted by Gasteiger charge is -2.10. The average molecular weight is 263 g/mol. The third kappa shape index (κ3) is 3.96. The molecule has 0 spiro atoms. The number of hydrogen-bond donors (Lipinski definition) is 1. The minimum Gasteiger partial charge on any atom is -0.463 e. The van der Waals surface area contributed by atoms with Gasteiger partial charge in [-0.2, -0.15) is 0 Å². The molecule has 0 aromatic heterocycles. The summed E-state index contributed by atoms with van der Waals surface area (Å²) in [5.41, 5.74) is 2.34. The van der Waals surface area contributed by atoms with Gasteiger partial charge in [0.25, 0.3) is 0 Å². The molecule has 2 rings (SSSR count). The second-order valence-corrected chi connectivity index (χ2v) is 4.70. The Bertz CT molecular complexity index is 420. The van der Waals surface area contributed by atoms with Gasteiger partial charge in [0.05, 0.1) is 13.0 Å². The highest BCUT2D eigenvalue weighted by Gasteiger charge is 2.24. The molecule has 1 N–H and O–H groups in total. The van der Waals surface area contributed by atoms with Gasteiger partial charge in [-0.25, -0.2) is 0 Å². The van der Waals surface area contributed by atoms with Crippen LogP contribution in [0.4, 0.5) is 5.69 Å². The fourth-order valence-electron chi connectivity index (χ4n) is 2.26. The van der Waals surface area contributed by atoms with Crippen molar-refractivity contribution in [2.75, 3.05) is 31.7 Å². The second-order valence-electron chi connectivity index (χ2n) is 4.70. The van der Waals surface area contributed by atoms with Crippen molar-refractivity contribution in [3.8, 4) is 0 Å². The Labute approximate surface area is 114 Å². The minimum absolute atomic E-state index is 0.149. The van der Waals surface area contributed by atoms with Gasteiger partial charge in [0.2, 0.25) is 0 Å². The van der Waals surface area contributed by atoms with Crippen molar-refractivity contribution in [1.29, 1.82) is 0 Å². The number of esters is 1. The van der Waals surface area contributed by atoms with Crippen LogP contribution in [0.2, 0.25) is 0 Å². The number of benzene rings is 1. The van der Waals surface area contributed by atoms with Crippen LogP contribution < -0.4 is 5.32 Å². The molecule has 0 bridgehead atoms. The molecule has 0 radical (unpaired) electrons. The maximum absolute atomic E-state index is 11.7. The molecular weight excluding hydrogens is 242 g/mol.